The molecule has 1 aliphatic rings. The van der Waals surface area contributed by atoms with E-state index in [9.17, 15) is 9.90 Å². The van der Waals surface area contributed by atoms with Gasteiger partial charge in [-0.25, -0.2) is 0 Å². The zero-order valence-corrected chi connectivity index (χ0v) is 12.7. The maximum absolute atomic E-state index is 12.0. The van der Waals surface area contributed by atoms with Crippen LogP contribution in [0.1, 0.15) is 37.4 Å². The van der Waals surface area contributed by atoms with Crippen molar-refractivity contribution < 1.29 is 9.90 Å². The van der Waals surface area contributed by atoms with Gasteiger partial charge in [0.1, 0.15) is 5.75 Å². The van der Waals surface area contributed by atoms with Crippen LogP contribution in [0, 0.1) is 12.3 Å². The van der Waals surface area contributed by atoms with Crippen LogP contribution in [0.2, 0.25) is 0 Å². The number of likely N-dealkylation sites (tertiary alicyclic amines) is 1. The average molecular weight is 276 g/mol. The van der Waals surface area contributed by atoms with Crippen LogP contribution in [-0.2, 0) is 4.79 Å². The first-order valence-corrected chi connectivity index (χ1v) is 7.13. The number of hydrogen-bond acceptors (Lipinski definition) is 3. The maximum Gasteiger partial charge on any atom is 0.227 e. The third-order valence-electron chi connectivity index (χ3n) is 4.46. The minimum Gasteiger partial charge on any atom is -0.508 e. The van der Waals surface area contributed by atoms with Gasteiger partial charge >= 0.3 is 0 Å². The maximum atomic E-state index is 12.0. The number of amides is 1. The number of benzene rings is 1. The molecule has 110 valence electrons. The Bertz CT molecular complexity index is 515. The van der Waals surface area contributed by atoms with Crippen LogP contribution in [0.15, 0.2) is 18.2 Å². The highest BCUT2D eigenvalue weighted by Crippen LogP contribution is 2.37. The summed E-state index contributed by atoms with van der Waals surface area (Å²) in [7, 11) is 1.69. The zero-order chi connectivity index (χ0) is 14.9. The summed E-state index contributed by atoms with van der Waals surface area (Å²) in [6.45, 7) is 7.71. The van der Waals surface area contributed by atoms with Gasteiger partial charge in [-0.05, 0) is 39.8 Å². The number of hydrogen-bond donors (Lipinski definition) is 2. The second-order valence-corrected chi connectivity index (χ2v) is 6.10. The Morgan fingerprint density at radius 1 is 1.50 bits per heavy atom. The van der Waals surface area contributed by atoms with Crippen molar-refractivity contribution in [2.24, 2.45) is 5.41 Å². The van der Waals surface area contributed by atoms with Gasteiger partial charge in [-0.2, -0.15) is 0 Å². The lowest BCUT2D eigenvalue weighted by molar-refractivity contribution is -0.129. The van der Waals surface area contributed by atoms with Crippen LogP contribution in [0.25, 0.3) is 0 Å². The number of phenols is 1. The van der Waals surface area contributed by atoms with Crippen molar-refractivity contribution in [1.29, 1.82) is 0 Å². The van der Waals surface area contributed by atoms with Crippen molar-refractivity contribution in [3.63, 3.8) is 0 Å². The lowest BCUT2D eigenvalue weighted by atomic mass is 9.89. The third-order valence-corrected chi connectivity index (χ3v) is 4.46. The van der Waals surface area contributed by atoms with E-state index in [4.69, 9.17) is 0 Å². The van der Waals surface area contributed by atoms with E-state index in [1.54, 1.807) is 13.1 Å². The fourth-order valence-electron chi connectivity index (χ4n) is 3.02. The summed E-state index contributed by atoms with van der Waals surface area (Å²) in [4.78, 5) is 14.2. The molecule has 0 spiro atoms. The molecule has 1 aromatic carbocycles. The van der Waals surface area contributed by atoms with Gasteiger partial charge in [0.25, 0.3) is 0 Å². The second-order valence-electron chi connectivity index (χ2n) is 6.10. The molecule has 1 aliphatic heterocycles. The van der Waals surface area contributed by atoms with Gasteiger partial charge in [0.05, 0.1) is 5.41 Å². The van der Waals surface area contributed by atoms with Gasteiger partial charge in [-0.1, -0.05) is 17.7 Å². The first-order chi connectivity index (χ1) is 9.37. The normalized spacial score (nSPS) is 24.6. The largest absolute Gasteiger partial charge is 0.508 e. The number of nitrogens with zero attached hydrogens (tertiary/aromatic N) is 1. The predicted octanol–water partition coefficient (Wildman–Crippen LogP) is 2.22. The number of aryl methyl sites for hydroxylation is 1. The Kier molecular flexibility index (Phi) is 4.04. The van der Waals surface area contributed by atoms with Crippen molar-refractivity contribution in [1.82, 2.24) is 10.2 Å². The number of phenolic OH excluding ortho intramolecular Hbond substituents is 1. The van der Waals surface area contributed by atoms with E-state index >= 15 is 0 Å². The first kappa shape index (κ1) is 14.9. The van der Waals surface area contributed by atoms with Gasteiger partial charge < -0.3 is 10.4 Å². The molecule has 1 amide bonds. The van der Waals surface area contributed by atoms with Crippen LogP contribution in [0.3, 0.4) is 0 Å². The molecule has 2 atom stereocenters. The standard InChI is InChI=1S/C16H24N2O2/c1-11-5-6-14(19)13(9-11)12(2)18-8-7-16(3,10-18)15(20)17-4/h5-6,9,12,19H,7-8,10H2,1-4H3,(H,17,20). The molecular weight excluding hydrogens is 252 g/mol. The lowest BCUT2D eigenvalue weighted by Gasteiger charge is -2.28. The number of rotatable bonds is 3. The monoisotopic (exact) mass is 276 g/mol. The van der Waals surface area contributed by atoms with Gasteiger partial charge in [-0.15, -0.1) is 0 Å². The first-order valence-electron chi connectivity index (χ1n) is 7.13. The number of nitrogens with one attached hydrogen (secondary N) is 1. The molecule has 4 heteroatoms. The van der Waals surface area contributed by atoms with E-state index < -0.39 is 0 Å². The molecule has 2 rings (SSSR count). The van der Waals surface area contributed by atoms with E-state index in [-0.39, 0.29) is 17.4 Å². The van der Waals surface area contributed by atoms with Crippen molar-refractivity contribution in [3.05, 3.63) is 29.3 Å². The van der Waals surface area contributed by atoms with Gasteiger partial charge in [0.15, 0.2) is 0 Å². The molecular formula is C16H24N2O2. The molecule has 0 bridgehead atoms. The molecule has 2 N–H and O–H groups in total. The van der Waals surface area contributed by atoms with Crippen LogP contribution in [0.4, 0.5) is 0 Å². The van der Waals surface area contributed by atoms with Crippen molar-refractivity contribution >= 4 is 5.91 Å². The highest BCUT2D eigenvalue weighted by molar-refractivity contribution is 5.82. The number of carbonyl (C=O) groups is 1. The van der Waals surface area contributed by atoms with Crippen LogP contribution in [0.5, 0.6) is 5.75 Å². The number of aromatic hydroxyl groups is 1. The molecule has 1 aromatic rings. The molecule has 1 fully saturated rings. The van der Waals surface area contributed by atoms with E-state index in [0.717, 1.165) is 30.6 Å². The lowest BCUT2D eigenvalue weighted by Crippen LogP contribution is -2.39. The third kappa shape index (κ3) is 2.66. The smallest absolute Gasteiger partial charge is 0.227 e. The Morgan fingerprint density at radius 2 is 2.20 bits per heavy atom. The number of carbonyl (C=O) groups excluding carboxylic acids is 1. The second kappa shape index (κ2) is 5.44. The molecule has 0 aliphatic carbocycles. The fraction of sp³-hybridized carbons (Fsp3) is 0.562. The minimum absolute atomic E-state index is 0.0978. The van der Waals surface area contributed by atoms with E-state index in [0.29, 0.717) is 5.75 Å². The summed E-state index contributed by atoms with van der Waals surface area (Å²) in [5.74, 6) is 0.428. The topological polar surface area (TPSA) is 52.6 Å². The van der Waals surface area contributed by atoms with Gasteiger partial charge in [0, 0.05) is 25.2 Å². The summed E-state index contributed by atoms with van der Waals surface area (Å²) >= 11 is 0. The summed E-state index contributed by atoms with van der Waals surface area (Å²) in [5.41, 5.74) is 1.74. The minimum atomic E-state index is -0.331. The summed E-state index contributed by atoms with van der Waals surface area (Å²) in [5, 5.41) is 12.8. The summed E-state index contributed by atoms with van der Waals surface area (Å²) in [6.07, 6.45) is 0.851. The van der Waals surface area contributed by atoms with E-state index in [2.05, 4.69) is 17.1 Å². The molecule has 20 heavy (non-hydrogen) atoms. The fourth-order valence-corrected chi connectivity index (χ4v) is 3.02. The van der Waals surface area contributed by atoms with Crippen LogP contribution < -0.4 is 5.32 Å². The van der Waals surface area contributed by atoms with Gasteiger partial charge in [-0.3, -0.25) is 9.69 Å². The molecule has 0 saturated carbocycles. The molecule has 1 saturated heterocycles. The van der Waals surface area contributed by atoms with Crippen molar-refractivity contribution in [2.75, 3.05) is 20.1 Å². The molecule has 0 aromatic heterocycles. The molecule has 0 radical (unpaired) electrons. The van der Waals surface area contributed by atoms with E-state index in [1.807, 2.05) is 26.0 Å². The Hall–Kier alpha value is -1.55. The van der Waals surface area contributed by atoms with Crippen LogP contribution in [-0.4, -0.2) is 36.1 Å². The van der Waals surface area contributed by atoms with Crippen LogP contribution >= 0.6 is 0 Å². The summed E-state index contributed by atoms with van der Waals surface area (Å²) < 4.78 is 0. The quantitative estimate of drug-likeness (QED) is 0.890. The predicted molar refractivity (Wildman–Crippen MR) is 79.6 cm³/mol. The SMILES string of the molecule is CNC(=O)C1(C)CCN(C(C)c2cc(C)ccc2O)C1. The molecule has 1 heterocycles. The Labute approximate surface area is 120 Å². The Morgan fingerprint density at radius 3 is 2.85 bits per heavy atom. The van der Waals surface area contributed by atoms with E-state index in [1.165, 1.54) is 0 Å². The highest BCUT2D eigenvalue weighted by Gasteiger charge is 2.41. The summed E-state index contributed by atoms with van der Waals surface area (Å²) in [6, 6.07) is 5.79. The highest BCUT2D eigenvalue weighted by atomic mass is 16.3. The average Bonchev–Trinajstić information content (AvgIpc) is 2.83. The molecule has 4 nitrogen and oxygen atoms in total. The Balaban J connectivity index is 2.17. The van der Waals surface area contributed by atoms with Gasteiger partial charge in [0.2, 0.25) is 5.91 Å². The van der Waals surface area contributed by atoms with Crippen molar-refractivity contribution in [2.45, 2.75) is 33.2 Å². The molecule has 2 unspecified atom stereocenters. The van der Waals surface area contributed by atoms with Crippen molar-refractivity contribution in [3.8, 4) is 5.75 Å². The zero-order valence-electron chi connectivity index (χ0n) is 12.7.